The minimum absolute atomic E-state index is 0.0100. The summed E-state index contributed by atoms with van der Waals surface area (Å²) < 4.78 is 6.98. The molecule has 31 heavy (non-hydrogen) atoms. The number of morpholine rings is 1. The molecule has 162 valence electrons. The van der Waals surface area contributed by atoms with Crippen molar-refractivity contribution >= 4 is 34.4 Å². The number of rotatable bonds is 6. The first-order valence-corrected chi connectivity index (χ1v) is 10.1. The SMILES string of the molecule is CCn1c(N)c(C(N)=O)c(=O)c2cnc(NCc3ccc(N4CCOCC4)cc3)nc21. The van der Waals surface area contributed by atoms with E-state index in [1.54, 1.807) is 4.57 Å². The number of nitrogens with two attached hydrogens (primary N) is 2. The zero-order valence-corrected chi connectivity index (χ0v) is 17.3. The number of hydrogen-bond donors (Lipinski definition) is 3. The number of nitrogens with one attached hydrogen (secondary N) is 1. The van der Waals surface area contributed by atoms with Gasteiger partial charge in [-0.1, -0.05) is 12.1 Å². The number of aromatic nitrogens is 3. The molecule has 10 heteroatoms. The molecule has 0 spiro atoms. The van der Waals surface area contributed by atoms with Crippen LogP contribution in [0, 0.1) is 0 Å². The van der Waals surface area contributed by atoms with E-state index in [9.17, 15) is 9.59 Å². The normalized spacial score (nSPS) is 14.0. The maximum absolute atomic E-state index is 12.6. The second-order valence-corrected chi connectivity index (χ2v) is 7.25. The predicted octanol–water partition coefficient (Wildman–Crippen LogP) is 0.941. The summed E-state index contributed by atoms with van der Waals surface area (Å²) in [6.07, 6.45) is 1.40. The number of amides is 1. The number of nitrogens with zero attached hydrogens (tertiary/aromatic N) is 4. The van der Waals surface area contributed by atoms with E-state index in [0.717, 1.165) is 31.9 Å². The molecule has 10 nitrogen and oxygen atoms in total. The van der Waals surface area contributed by atoms with Gasteiger partial charge in [0.2, 0.25) is 11.4 Å². The second kappa shape index (κ2) is 8.60. The molecule has 1 amide bonds. The first-order valence-electron chi connectivity index (χ1n) is 10.1. The van der Waals surface area contributed by atoms with Crippen molar-refractivity contribution < 1.29 is 9.53 Å². The van der Waals surface area contributed by atoms with Crippen LogP contribution in [0.25, 0.3) is 11.0 Å². The molecule has 0 saturated carbocycles. The first kappa shape index (κ1) is 20.6. The quantitative estimate of drug-likeness (QED) is 0.532. The van der Waals surface area contributed by atoms with Gasteiger partial charge >= 0.3 is 0 Å². The number of hydrogen-bond acceptors (Lipinski definition) is 8. The third-order valence-electron chi connectivity index (χ3n) is 5.37. The Balaban J connectivity index is 1.56. The smallest absolute Gasteiger partial charge is 0.256 e. The Kier molecular flexibility index (Phi) is 5.72. The number of nitrogen functional groups attached to an aromatic ring is 1. The highest BCUT2D eigenvalue weighted by Crippen LogP contribution is 2.19. The van der Waals surface area contributed by atoms with Crippen LogP contribution in [0.2, 0.25) is 0 Å². The number of primary amides is 1. The molecular formula is C21H25N7O3. The van der Waals surface area contributed by atoms with Gasteiger partial charge in [-0.2, -0.15) is 4.98 Å². The molecule has 0 aliphatic carbocycles. The van der Waals surface area contributed by atoms with E-state index in [4.69, 9.17) is 16.2 Å². The lowest BCUT2D eigenvalue weighted by Gasteiger charge is -2.28. The monoisotopic (exact) mass is 423 g/mol. The summed E-state index contributed by atoms with van der Waals surface area (Å²) in [6.45, 7) is 6.05. The zero-order valence-electron chi connectivity index (χ0n) is 17.3. The van der Waals surface area contributed by atoms with E-state index in [2.05, 4.69) is 44.5 Å². The molecule has 0 unspecified atom stereocenters. The standard InChI is InChI=1S/C21H25N7O3/c1-2-28-18(22)16(19(23)30)17(29)15-12-25-21(26-20(15)28)24-11-13-3-5-14(6-4-13)27-7-9-31-10-8-27/h3-6,12H,2,7-11,22H2,1H3,(H2,23,30)(H,24,25,26). The number of benzene rings is 1. The Labute approximate surface area is 178 Å². The van der Waals surface area contributed by atoms with Crippen LogP contribution in [0.5, 0.6) is 0 Å². The molecule has 0 atom stereocenters. The van der Waals surface area contributed by atoms with Crippen LogP contribution in [0.1, 0.15) is 22.8 Å². The molecular weight excluding hydrogens is 398 g/mol. The molecule has 1 saturated heterocycles. The largest absolute Gasteiger partial charge is 0.384 e. The van der Waals surface area contributed by atoms with Crippen LogP contribution in [0.4, 0.5) is 17.5 Å². The van der Waals surface area contributed by atoms with Crippen LogP contribution in [-0.4, -0.2) is 46.7 Å². The summed E-state index contributed by atoms with van der Waals surface area (Å²) in [5, 5.41) is 3.38. The van der Waals surface area contributed by atoms with E-state index >= 15 is 0 Å². The Morgan fingerprint density at radius 1 is 1.23 bits per heavy atom. The summed E-state index contributed by atoms with van der Waals surface area (Å²) in [5.74, 6) is -0.497. The van der Waals surface area contributed by atoms with Gasteiger partial charge in [0.15, 0.2) is 5.65 Å². The van der Waals surface area contributed by atoms with Crippen molar-refractivity contribution in [2.75, 3.05) is 42.3 Å². The van der Waals surface area contributed by atoms with Crippen molar-refractivity contribution in [1.29, 1.82) is 0 Å². The van der Waals surface area contributed by atoms with Gasteiger partial charge in [0.1, 0.15) is 11.4 Å². The van der Waals surface area contributed by atoms with Gasteiger partial charge in [0.05, 0.1) is 18.6 Å². The average molecular weight is 423 g/mol. The Hall–Kier alpha value is -3.66. The molecule has 0 bridgehead atoms. The first-order chi connectivity index (χ1) is 15.0. The number of anilines is 3. The van der Waals surface area contributed by atoms with Crippen LogP contribution in [0.15, 0.2) is 35.3 Å². The number of pyridine rings is 1. The van der Waals surface area contributed by atoms with Crippen molar-refractivity contribution in [2.45, 2.75) is 20.0 Å². The fourth-order valence-electron chi connectivity index (χ4n) is 3.71. The maximum Gasteiger partial charge on any atom is 0.256 e. The number of carbonyl (C=O) groups is 1. The second-order valence-electron chi connectivity index (χ2n) is 7.25. The molecule has 1 fully saturated rings. The highest BCUT2D eigenvalue weighted by atomic mass is 16.5. The molecule has 3 aromatic rings. The summed E-state index contributed by atoms with van der Waals surface area (Å²) in [7, 11) is 0. The van der Waals surface area contributed by atoms with Gasteiger partial charge in [0, 0.05) is 38.1 Å². The van der Waals surface area contributed by atoms with Crippen LogP contribution >= 0.6 is 0 Å². The third kappa shape index (κ3) is 4.02. The van der Waals surface area contributed by atoms with Gasteiger partial charge in [-0.25, -0.2) is 4.98 Å². The lowest BCUT2D eigenvalue weighted by atomic mass is 10.1. The molecule has 1 aliphatic heterocycles. The van der Waals surface area contributed by atoms with Crippen molar-refractivity contribution in [3.05, 3.63) is 51.8 Å². The number of aryl methyl sites for hydroxylation is 1. The number of carbonyl (C=O) groups excluding carboxylic acids is 1. The van der Waals surface area contributed by atoms with Crippen molar-refractivity contribution in [1.82, 2.24) is 14.5 Å². The predicted molar refractivity (Wildman–Crippen MR) is 119 cm³/mol. The lowest BCUT2D eigenvalue weighted by molar-refractivity contribution is 0.0999. The van der Waals surface area contributed by atoms with Crippen molar-refractivity contribution in [2.24, 2.45) is 5.73 Å². The van der Waals surface area contributed by atoms with E-state index in [1.165, 1.54) is 11.9 Å². The van der Waals surface area contributed by atoms with E-state index in [-0.39, 0.29) is 16.8 Å². The molecule has 1 aliphatic rings. The van der Waals surface area contributed by atoms with Gasteiger partial charge in [0.25, 0.3) is 5.91 Å². The molecule has 4 rings (SSSR count). The van der Waals surface area contributed by atoms with E-state index in [1.807, 2.05) is 6.92 Å². The highest BCUT2D eigenvalue weighted by Gasteiger charge is 2.20. The fourth-order valence-corrected chi connectivity index (χ4v) is 3.71. The Bertz CT molecular complexity index is 1170. The van der Waals surface area contributed by atoms with Crippen LogP contribution in [-0.2, 0) is 17.8 Å². The Morgan fingerprint density at radius 2 is 1.94 bits per heavy atom. The summed E-state index contributed by atoms with van der Waals surface area (Å²) in [6, 6.07) is 8.28. The highest BCUT2D eigenvalue weighted by molar-refractivity contribution is 6.00. The van der Waals surface area contributed by atoms with Crippen molar-refractivity contribution in [3.8, 4) is 0 Å². The topological polar surface area (TPSA) is 141 Å². The summed E-state index contributed by atoms with van der Waals surface area (Å²) >= 11 is 0. The number of fused-ring (bicyclic) bond motifs is 1. The fraction of sp³-hybridized carbons (Fsp3) is 0.333. The van der Waals surface area contributed by atoms with Gasteiger partial charge in [-0.3, -0.25) is 9.59 Å². The summed E-state index contributed by atoms with van der Waals surface area (Å²) in [4.78, 5) is 35.3. The summed E-state index contributed by atoms with van der Waals surface area (Å²) in [5.41, 5.74) is 13.2. The van der Waals surface area contributed by atoms with Gasteiger partial charge in [-0.15, -0.1) is 0 Å². The minimum Gasteiger partial charge on any atom is -0.384 e. The molecule has 3 heterocycles. The number of ether oxygens (including phenoxy) is 1. The molecule has 1 aromatic carbocycles. The maximum atomic E-state index is 12.6. The van der Waals surface area contributed by atoms with Gasteiger partial charge in [-0.05, 0) is 24.6 Å². The third-order valence-corrected chi connectivity index (χ3v) is 5.37. The van der Waals surface area contributed by atoms with Crippen molar-refractivity contribution in [3.63, 3.8) is 0 Å². The lowest BCUT2D eigenvalue weighted by Crippen LogP contribution is -2.36. The average Bonchev–Trinajstić information content (AvgIpc) is 2.78. The molecule has 0 radical (unpaired) electrons. The van der Waals surface area contributed by atoms with E-state index < -0.39 is 11.3 Å². The van der Waals surface area contributed by atoms with Crippen LogP contribution in [0.3, 0.4) is 0 Å². The molecule has 2 aromatic heterocycles. The van der Waals surface area contributed by atoms with Gasteiger partial charge < -0.3 is 31.0 Å². The Morgan fingerprint density at radius 3 is 2.58 bits per heavy atom. The zero-order chi connectivity index (χ0) is 22.0. The molecule has 5 N–H and O–H groups in total. The van der Waals surface area contributed by atoms with Crippen LogP contribution < -0.4 is 27.1 Å². The minimum atomic E-state index is -0.866. The van der Waals surface area contributed by atoms with E-state index in [0.29, 0.717) is 24.7 Å².